The van der Waals surface area contributed by atoms with E-state index in [1.165, 1.54) is 10.6 Å². The average Bonchev–Trinajstić information content (AvgIpc) is 2.30. The summed E-state index contributed by atoms with van der Waals surface area (Å²) in [5.41, 5.74) is 7.51. The second-order valence-corrected chi connectivity index (χ2v) is 23.5. The van der Waals surface area contributed by atoms with Crippen LogP contribution in [-0.2, 0) is 0 Å². The molecule has 0 aliphatic rings. The van der Waals surface area contributed by atoms with Crippen molar-refractivity contribution < 1.29 is 0 Å². The van der Waals surface area contributed by atoms with E-state index in [4.69, 9.17) is 0 Å². The molecule has 2 rings (SSSR count). The van der Waals surface area contributed by atoms with Crippen LogP contribution in [0.3, 0.4) is 0 Å². The molecule has 2 heteroatoms. The Hall–Kier alpha value is -0.572. The van der Waals surface area contributed by atoms with Crippen LogP contribution in [0.5, 0.6) is 0 Å². The second-order valence-electron chi connectivity index (χ2n) is 4.92. The molecule has 89 valence electrons. The van der Waals surface area contributed by atoms with E-state index in [9.17, 15) is 0 Å². The van der Waals surface area contributed by atoms with E-state index in [0.717, 1.165) is 0 Å². The molecule has 0 aliphatic heterocycles. The first-order chi connectivity index (χ1) is 8.09. The molecule has 0 bridgehead atoms. The van der Waals surface area contributed by atoms with Gasteiger partial charge in [0.1, 0.15) is 0 Å². The van der Waals surface area contributed by atoms with Gasteiger partial charge in [0, 0.05) is 0 Å². The van der Waals surface area contributed by atoms with Crippen LogP contribution >= 0.6 is 6.48 Å². The maximum absolute atomic E-state index is 2.50. The normalized spacial score (nSPS) is 11.8. The van der Waals surface area contributed by atoms with Crippen LogP contribution in [0.15, 0.2) is 60.7 Å². The van der Waals surface area contributed by atoms with Gasteiger partial charge in [0.25, 0.3) is 0 Å². The van der Waals surface area contributed by atoms with Crippen molar-refractivity contribution in [2.75, 3.05) is 0 Å². The maximum atomic E-state index is 2.50. The quantitative estimate of drug-likeness (QED) is 0.595. The summed E-state index contributed by atoms with van der Waals surface area (Å²) in [5, 5.41) is 3.07. The van der Waals surface area contributed by atoms with Crippen LogP contribution in [0.4, 0.5) is 0 Å². The van der Waals surface area contributed by atoms with Gasteiger partial charge < -0.3 is 0 Å². The standard InChI is InChI=1S/C15H19AsP/c1-16(2,3)17(14-10-6-4-7-11-14)15-12-8-5-9-13-15/h4-13H,1-3H3. The Morgan fingerprint density at radius 1 is 0.647 bits per heavy atom. The third-order valence-corrected chi connectivity index (χ3v) is 15.8. The molecule has 0 amide bonds. The monoisotopic (exact) mass is 305 g/mol. The van der Waals surface area contributed by atoms with Crippen molar-refractivity contribution in [1.29, 1.82) is 0 Å². The van der Waals surface area contributed by atoms with Crippen molar-refractivity contribution in [3.05, 3.63) is 60.7 Å². The zero-order valence-corrected chi connectivity index (χ0v) is 13.4. The third-order valence-electron chi connectivity index (χ3n) is 2.60. The summed E-state index contributed by atoms with van der Waals surface area (Å²) < 4.78 is 0. The first-order valence-electron chi connectivity index (χ1n) is 5.81. The molecule has 2 aromatic rings. The Kier molecular flexibility index (Phi) is 4.08. The summed E-state index contributed by atoms with van der Waals surface area (Å²) in [5.74, 6) is 0. The number of hydrogen-bond donors (Lipinski definition) is 0. The van der Waals surface area contributed by atoms with Crippen LogP contribution in [-0.4, -0.2) is 13.1 Å². The fourth-order valence-corrected chi connectivity index (χ4v) is 15.0. The van der Waals surface area contributed by atoms with Crippen molar-refractivity contribution in [2.24, 2.45) is 0 Å². The minimum absolute atomic E-state index is 0.120. The van der Waals surface area contributed by atoms with Crippen molar-refractivity contribution in [3.8, 4) is 0 Å². The molecule has 0 spiro atoms. The molecular formula is C15H19AsP. The molecule has 0 aliphatic carbocycles. The van der Waals surface area contributed by atoms with Gasteiger partial charge >= 0.3 is 108 Å². The van der Waals surface area contributed by atoms with E-state index in [-0.39, 0.29) is 6.48 Å². The molecule has 0 saturated heterocycles. The minimum atomic E-state index is -1.56. The molecule has 0 N–H and O–H groups in total. The van der Waals surface area contributed by atoms with E-state index in [2.05, 4.69) is 77.8 Å². The molecule has 17 heavy (non-hydrogen) atoms. The van der Waals surface area contributed by atoms with Gasteiger partial charge in [-0.05, 0) is 0 Å². The molecule has 1 radical (unpaired) electrons. The number of benzene rings is 2. The van der Waals surface area contributed by atoms with Crippen LogP contribution < -0.4 is 10.6 Å². The third kappa shape index (κ3) is 3.21. The van der Waals surface area contributed by atoms with E-state index < -0.39 is 13.1 Å². The first kappa shape index (κ1) is 12.9. The topological polar surface area (TPSA) is 0 Å². The van der Waals surface area contributed by atoms with Gasteiger partial charge in [-0.15, -0.1) is 0 Å². The summed E-state index contributed by atoms with van der Waals surface area (Å²) in [6.45, 7) is -0.120. The van der Waals surface area contributed by atoms with E-state index in [1.807, 2.05) is 0 Å². The average molecular weight is 305 g/mol. The van der Waals surface area contributed by atoms with E-state index in [0.29, 0.717) is 0 Å². The van der Waals surface area contributed by atoms with Gasteiger partial charge in [0.2, 0.25) is 0 Å². The summed E-state index contributed by atoms with van der Waals surface area (Å²) in [6.07, 6.45) is 0. The van der Waals surface area contributed by atoms with Gasteiger partial charge in [-0.25, -0.2) is 0 Å². The van der Waals surface area contributed by atoms with Crippen LogP contribution in [0, 0.1) is 0 Å². The van der Waals surface area contributed by atoms with Crippen molar-refractivity contribution in [3.63, 3.8) is 0 Å². The number of rotatable bonds is 3. The van der Waals surface area contributed by atoms with E-state index in [1.54, 1.807) is 0 Å². The molecule has 0 aromatic heterocycles. The number of hydrogen-bond acceptors (Lipinski definition) is 0. The van der Waals surface area contributed by atoms with Crippen LogP contribution in [0.2, 0.25) is 17.1 Å². The summed E-state index contributed by atoms with van der Waals surface area (Å²) >= 11 is -1.56. The zero-order chi connectivity index (χ0) is 12.3. The predicted molar refractivity (Wildman–Crippen MR) is 82.4 cm³/mol. The Labute approximate surface area is 108 Å². The van der Waals surface area contributed by atoms with E-state index >= 15 is 0 Å². The molecule has 0 unspecified atom stereocenters. The van der Waals surface area contributed by atoms with Crippen molar-refractivity contribution in [1.82, 2.24) is 0 Å². The van der Waals surface area contributed by atoms with Gasteiger partial charge in [-0.3, -0.25) is 0 Å². The van der Waals surface area contributed by atoms with Gasteiger partial charge in [0.05, 0.1) is 0 Å². The molecular weight excluding hydrogens is 286 g/mol. The Bertz CT molecular complexity index is 420. The Balaban J connectivity index is 2.48. The van der Waals surface area contributed by atoms with Gasteiger partial charge in [-0.1, -0.05) is 0 Å². The second kappa shape index (κ2) is 5.38. The Morgan fingerprint density at radius 3 is 1.29 bits per heavy atom. The molecule has 0 heterocycles. The zero-order valence-electron chi connectivity index (χ0n) is 10.7. The van der Waals surface area contributed by atoms with Crippen molar-refractivity contribution >= 4 is 30.2 Å². The first-order valence-corrected chi connectivity index (χ1v) is 15.3. The molecule has 0 atom stereocenters. The molecule has 0 nitrogen and oxygen atoms in total. The fraction of sp³-hybridized carbons (Fsp3) is 0.200. The molecule has 0 fully saturated rings. The molecule has 0 saturated carbocycles. The predicted octanol–water partition coefficient (Wildman–Crippen LogP) is 3.95. The fourth-order valence-electron chi connectivity index (χ4n) is 1.98. The van der Waals surface area contributed by atoms with Gasteiger partial charge in [0.15, 0.2) is 0 Å². The van der Waals surface area contributed by atoms with Crippen LogP contribution in [0.1, 0.15) is 0 Å². The summed E-state index contributed by atoms with van der Waals surface area (Å²) in [7, 11) is 0. The van der Waals surface area contributed by atoms with Crippen molar-refractivity contribution in [2.45, 2.75) is 17.1 Å². The Morgan fingerprint density at radius 2 is 1.00 bits per heavy atom. The summed E-state index contributed by atoms with van der Waals surface area (Å²) in [4.78, 5) is 0. The van der Waals surface area contributed by atoms with Gasteiger partial charge in [-0.2, -0.15) is 0 Å². The molecule has 2 aromatic carbocycles. The SMILES string of the molecule is C[As](C)(C)P(c1ccccc1)c1ccccc1. The summed E-state index contributed by atoms with van der Waals surface area (Å²) in [6, 6.07) is 22.1. The van der Waals surface area contributed by atoms with Crippen LogP contribution in [0.25, 0.3) is 0 Å².